The highest BCUT2D eigenvalue weighted by atomic mass is 16.6. The quantitative estimate of drug-likeness (QED) is 0.537. The summed E-state index contributed by atoms with van der Waals surface area (Å²) in [5.74, 6) is -0.300. The third kappa shape index (κ3) is 10.5. The molecule has 0 atom stereocenters. The molecule has 108 valence electrons. The number of hydrogen-bond donors (Lipinski definition) is 1. The highest BCUT2D eigenvalue weighted by Gasteiger charge is 2.24. The van der Waals surface area contributed by atoms with Crippen molar-refractivity contribution in [3.05, 3.63) is 0 Å². The lowest BCUT2D eigenvalue weighted by Gasteiger charge is -2.33. The zero-order chi connectivity index (χ0) is 14.2. The molecule has 4 heteroatoms. The fraction of sp³-hybridized carbons (Fsp3) is 0.929. The van der Waals surface area contributed by atoms with Crippen molar-refractivity contribution < 1.29 is 14.3 Å². The molecule has 0 aliphatic carbocycles. The Morgan fingerprint density at radius 3 is 2.28 bits per heavy atom. The van der Waals surface area contributed by atoms with Crippen LogP contribution >= 0.6 is 0 Å². The Balaban J connectivity index is 3.68. The zero-order valence-corrected chi connectivity index (χ0v) is 12.8. The standard InChI is InChI=1S/C14H29NO3/c1-7-18-12(16)10-17-9-8-15-14(5,6)11-13(2,3)4/h15H,7-11H2,1-6H3. The number of carbonyl (C=O) groups excluding carboxylic acids is 1. The van der Waals surface area contributed by atoms with E-state index in [0.717, 1.165) is 13.0 Å². The lowest BCUT2D eigenvalue weighted by atomic mass is 9.82. The number of carbonyl (C=O) groups is 1. The predicted molar refractivity (Wildman–Crippen MR) is 73.6 cm³/mol. The van der Waals surface area contributed by atoms with Crippen molar-refractivity contribution in [1.29, 1.82) is 0 Å². The number of hydrogen-bond acceptors (Lipinski definition) is 4. The molecule has 0 heterocycles. The van der Waals surface area contributed by atoms with Crippen LogP contribution in [0.3, 0.4) is 0 Å². The van der Waals surface area contributed by atoms with Crippen LogP contribution in [0.2, 0.25) is 0 Å². The molecule has 0 aliphatic heterocycles. The lowest BCUT2D eigenvalue weighted by Crippen LogP contribution is -2.43. The van der Waals surface area contributed by atoms with E-state index in [2.05, 4.69) is 39.9 Å². The Morgan fingerprint density at radius 1 is 1.17 bits per heavy atom. The molecule has 18 heavy (non-hydrogen) atoms. The second kappa shape index (κ2) is 7.74. The maximum atomic E-state index is 11.0. The third-order valence-corrected chi connectivity index (χ3v) is 2.35. The van der Waals surface area contributed by atoms with Crippen LogP contribution in [0.5, 0.6) is 0 Å². The maximum Gasteiger partial charge on any atom is 0.332 e. The SMILES string of the molecule is CCOC(=O)COCCNC(C)(C)CC(C)(C)C. The van der Waals surface area contributed by atoms with Crippen LogP contribution < -0.4 is 5.32 Å². The van der Waals surface area contributed by atoms with E-state index < -0.39 is 0 Å². The second-order valence-corrected chi connectivity index (χ2v) is 6.41. The molecule has 0 saturated heterocycles. The van der Waals surface area contributed by atoms with Crippen LogP contribution in [-0.2, 0) is 14.3 Å². The topological polar surface area (TPSA) is 47.6 Å². The van der Waals surface area contributed by atoms with Gasteiger partial charge in [0.15, 0.2) is 0 Å². The average Bonchev–Trinajstić information content (AvgIpc) is 2.13. The van der Waals surface area contributed by atoms with E-state index in [1.807, 2.05) is 0 Å². The van der Waals surface area contributed by atoms with Gasteiger partial charge in [-0.25, -0.2) is 4.79 Å². The van der Waals surface area contributed by atoms with Gasteiger partial charge in [0.1, 0.15) is 6.61 Å². The van der Waals surface area contributed by atoms with E-state index in [0.29, 0.717) is 18.6 Å². The number of rotatable bonds is 8. The molecule has 0 radical (unpaired) electrons. The van der Waals surface area contributed by atoms with Crippen molar-refractivity contribution in [2.24, 2.45) is 5.41 Å². The van der Waals surface area contributed by atoms with Crippen LogP contribution in [0.1, 0.15) is 48.0 Å². The van der Waals surface area contributed by atoms with Gasteiger partial charge in [0.05, 0.1) is 13.2 Å². The van der Waals surface area contributed by atoms with Gasteiger partial charge in [0.25, 0.3) is 0 Å². The van der Waals surface area contributed by atoms with Crippen LogP contribution in [0.4, 0.5) is 0 Å². The first-order chi connectivity index (χ1) is 8.16. The van der Waals surface area contributed by atoms with Crippen LogP contribution in [0.25, 0.3) is 0 Å². The number of nitrogens with one attached hydrogen (secondary N) is 1. The molecule has 0 aromatic rings. The summed E-state index contributed by atoms with van der Waals surface area (Å²) >= 11 is 0. The second-order valence-electron chi connectivity index (χ2n) is 6.41. The molecule has 0 fully saturated rings. The Bertz CT molecular complexity index is 244. The van der Waals surface area contributed by atoms with Crippen molar-refractivity contribution in [3.63, 3.8) is 0 Å². The molecular weight excluding hydrogens is 230 g/mol. The fourth-order valence-electron chi connectivity index (χ4n) is 2.21. The Morgan fingerprint density at radius 2 is 1.78 bits per heavy atom. The van der Waals surface area contributed by atoms with Gasteiger partial charge in [0.2, 0.25) is 0 Å². The van der Waals surface area contributed by atoms with Gasteiger partial charge in [-0.05, 0) is 32.6 Å². The van der Waals surface area contributed by atoms with Crippen molar-refractivity contribution in [3.8, 4) is 0 Å². The highest BCUT2D eigenvalue weighted by molar-refractivity contribution is 5.70. The van der Waals surface area contributed by atoms with Crippen molar-refractivity contribution >= 4 is 5.97 Å². The first kappa shape index (κ1) is 17.4. The summed E-state index contributed by atoms with van der Waals surface area (Å²) in [7, 11) is 0. The highest BCUT2D eigenvalue weighted by Crippen LogP contribution is 2.26. The summed E-state index contributed by atoms with van der Waals surface area (Å²) < 4.78 is 10.0. The molecule has 1 N–H and O–H groups in total. The van der Waals surface area contributed by atoms with Gasteiger partial charge in [-0.15, -0.1) is 0 Å². The Labute approximate surface area is 111 Å². The smallest absolute Gasteiger partial charge is 0.332 e. The minimum atomic E-state index is -0.300. The molecule has 0 aromatic carbocycles. The predicted octanol–water partition coefficient (Wildman–Crippen LogP) is 2.37. The van der Waals surface area contributed by atoms with E-state index in [4.69, 9.17) is 9.47 Å². The van der Waals surface area contributed by atoms with Crippen molar-refractivity contribution in [2.75, 3.05) is 26.4 Å². The molecule has 0 amide bonds. The molecule has 0 rings (SSSR count). The minimum absolute atomic E-state index is 0.0369. The molecular formula is C14H29NO3. The van der Waals surface area contributed by atoms with E-state index in [-0.39, 0.29) is 18.1 Å². The number of ether oxygens (including phenoxy) is 2. The summed E-state index contributed by atoms with van der Waals surface area (Å²) in [6, 6.07) is 0. The monoisotopic (exact) mass is 259 g/mol. The molecule has 0 aliphatic rings. The summed E-state index contributed by atoms with van der Waals surface area (Å²) in [6.07, 6.45) is 1.08. The van der Waals surface area contributed by atoms with Gasteiger partial charge in [-0.3, -0.25) is 0 Å². The zero-order valence-electron chi connectivity index (χ0n) is 12.8. The van der Waals surface area contributed by atoms with Gasteiger partial charge >= 0.3 is 5.97 Å². The normalized spacial score (nSPS) is 12.6. The minimum Gasteiger partial charge on any atom is -0.464 e. The largest absolute Gasteiger partial charge is 0.464 e. The summed E-state index contributed by atoms with van der Waals surface area (Å²) in [4.78, 5) is 11.0. The van der Waals surface area contributed by atoms with Crippen LogP contribution in [0, 0.1) is 5.41 Å². The molecule has 0 unspecified atom stereocenters. The lowest BCUT2D eigenvalue weighted by molar-refractivity contribution is -0.148. The molecule has 0 aromatic heterocycles. The maximum absolute atomic E-state index is 11.0. The summed E-state index contributed by atoms with van der Waals surface area (Å²) in [6.45, 7) is 14.5. The van der Waals surface area contributed by atoms with Gasteiger partial charge in [-0.2, -0.15) is 0 Å². The average molecular weight is 259 g/mol. The van der Waals surface area contributed by atoms with Crippen LogP contribution in [0.15, 0.2) is 0 Å². The van der Waals surface area contributed by atoms with E-state index in [1.165, 1.54) is 0 Å². The summed E-state index contributed by atoms with van der Waals surface area (Å²) in [5.41, 5.74) is 0.369. The van der Waals surface area contributed by atoms with Crippen molar-refractivity contribution in [1.82, 2.24) is 5.32 Å². The third-order valence-electron chi connectivity index (χ3n) is 2.35. The Kier molecular flexibility index (Phi) is 7.48. The van der Waals surface area contributed by atoms with E-state index in [1.54, 1.807) is 6.92 Å². The number of esters is 1. The molecule has 0 saturated carbocycles. The Hall–Kier alpha value is -0.610. The molecule has 0 spiro atoms. The summed E-state index contributed by atoms with van der Waals surface area (Å²) in [5, 5.41) is 3.44. The van der Waals surface area contributed by atoms with Gasteiger partial charge in [0, 0.05) is 12.1 Å². The van der Waals surface area contributed by atoms with E-state index >= 15 is 0 Å². The molecule has 4 nitrogen and oxygen atoms in total. The first-order valence-corrected chi connectivity index (χ1v) is 6.65. The first-order valence-electron chi connectivity index (χ1n) is 6.65. The van der Waals surface area contributed by atoms with Gasteiger partial charge in [-0.1, -0.05) is 20.8 Å². The van der Waals surface area contributed by atoms with Crippen LogP contribution in [-0.4, -0.2) is 37.9 Å². The van der Waals surface area contributed by atoms with Crippen molar-refractivity contribution in [2.45, 2.75) is 53.5 Å². The van der Waals surface area contributed by atoms with E-state index in [9.17, 15) is 4.79 Å². The fourth-order valence-corrected chi connectivity index (χ4v) is 2.21. The molecule has 0 bridgehead atoms. The van der Waals surface area contributed by atoms with Gasteiger partial charge < -0.3 is 14.8 Å².